The Labute approximate surface area is 135 Å². The lowest BCUT2D eigenvalue weighted by Gasteiger charge is -2.15. The summed E-state index contributed by atoms with van der Waals surface area (Å²) >= 11 is 0. The summed E-state index contributed by atoms with van der Waals surface area (Å²) in [5.41, 5.74) is 5.55. The van der Waals surface area contributed by atoms with Crippen molar-refractivity contribution < 1.29 is 9.53 Å². The zero-order valence-corrected chi connectivity index (χ0v) is 14.6. The molecule has 0 aromatic rings. The maximum atomic E-state index is 12.2. The fourth-order valence-electron chi connectivity index (χ4n) is 3.24. The molecule has 1 aliphatic heterocycles. The zero-order chi connectivity index (χ0) is 16.1. The minimum Gasteiger partial charge on any atom is -0.365 e. The highest BCUT2D eigenvalue weighted by molar-refractivity contribution is 5.80. The third kappa shape index (κ3) is 4.67. The van der Waals surface area contributed by atoms with Crippen LogP contribution in [0.25, 0.3) is 0 Å². The number of rotatable bonds is 0. The van der Waals surface area contributed by atoms with Crippen molar-refractivity contribution in [2.75, 3.05) is 6.61 Å². The highest BCUT2D eigenvalue weighted by atomic mass is 16.5. The summed E-state index contributed by atoms with van der Waals surface area (Å²) < 4.78 is 5.93. The Morgan fingerprint density at radius 2 is 1.77 bits per heavy atom. The van der Waals surface area contributed by atoms with Crippen LogP contribution in [0.5, 0.6) is 0 Å². The van der Waals surface area contributed by atoms with Gasteiger partial charge >= 0.3 is 0 Å². The molecular weight excluding hydrogens is 272 g/mol. The average molecular weight is 302 g/mol. The summed E-state index contributed by atoms with van der Waals surface area (Å²) in [5, 5.41) is 0. The second-order valence-electron chi connectivity index (χ2n) is 7.05. The SMILES string of the molecule is CC1=CC2OCC(C)=C2CCC(C)=CCCC(C)C(=O)CC1. The van der Waals surface area contributed by atoms with E-state index in [0.717, 1.165) is 38.7 Å². The van der Waals surface area contributed by atoms with E-state index in [0.29, 0.717) is 12.2 Å². The molecule has 0 spiro atoms. The molecule has 0 aromatic heterocycles. The van der Waals surface area contributed by atoms with Gasteiger partial charge in [-0.15, -0.1) is 0 Å². The van der Waals surface area contributed by atoms with Crippen molar-refractivity contribution >= 4 is 5.78 Å². The Kier molecular flexibility index (Phi) is 6.19. The monoisotopic (exact) mass is 302 g/mol. The number of hydrogen-bond acceptors (Lipinski definition) is 2. The molecule has 0 amide bonds. The second-order valence-corrected chi connectivity index (χ2v) is 7.05. The molecule has 0 saturated heterocycles. The van der Waals surface area contributed by atoms with Gasteiger partial charge in [-0.3, -0.25) is 4.79 Å². The number of Topliss-reactive ketones (excluding diaryl/α,β-unsaturated/α-hetero) is 1. The number of hydrogen-bond donors (Lipinski definition) is 0. The average Bonchev–Trinajstić information content (AvgIpc) is 2.82. The van der Waals surface area contributed by atoms with Crippen LogP contribution in [0.1, 0.15) is 66.2 Å². The Morgan fingerprint density at radius 1 is 1.05 bits per heavy atom. The van der Waals surface area contributed by atoms with Gasteiger partial charge in [0.2, 0.25) is 0 Å². The highest BCUT2D eigenvalue weighted by Gasteiger charge is 2.22. The largest absolute Gasteiger partial charge is 0.365 e. The van der Waals surface area contributed by atoms with Crippen LogP contribution in [0.4, 0.5) is 0 Å². The quantitative estimate of drug-likeness (QED) is 0.578. The third-order valence-electron chi connectivity index (χ3n) is 5.00. The molecule has 0 saturated carbocycles. The summed E-state index contributed by atoms with van der Waals surface area (Å²) in [4.78, 5) is 12.2. The molecule has 2 rings (SSSR count). The van der Waals surface area contributed by atoms with E-state index < -0.39 is 0 Å². The molecule has 2 atom stereocenters. The van der Waals surface area contributed by atoms with Crippen LogP contribution in [-0.4, -0.2) is 18.5 Å². The fourth-order valence-corrected chi connectivity index (χ4v) is 3.24. The van der Waals surface area contributed by atoms with E-state index in [4.69, 9.17) is 4.74 Å². The number of ether oxygens (including phenoxy) is 1. The van der Waals surface area contributed by atoms with Gasteiger partial charge in [0, 0.05) is 12.3 Å². The van der Waals surface area contributed by atoms with Gasteiger partial charge in [0.25, 0.3) is 0 Å². The minimum atomic E-state index is 0.128. The molecule has 0 bridgehead atoms. The molecule has 0 aromatic carbocycles. The zero-order valence-electron chi connectivity index (χ0n) is 14.6. The van der Waals surface area contributed by atoms with E-state index in [-0.39, 0.29) is 12.0 Å². The van der Waals surface area contributed by atoms with Crippen molar-refractivity contribution in [2.45, 2.75) is 72.3 Å². The summed E-state index contributed by atoms with van der Waals surface area (Å²) in [6.07, 6.45) is 10.4. The second kappa shape index (κ2) is 7.92. The van der Waals surface area contributed by atoms with Crippen molar-refractivity contribution in [3.05, 3.63) is 34.4 Å². The van der Waals surface area contributed by atoms with Crippen molar-refractivity contribution in [1.82, 2.24) is 0 Å². The maximum absolute atomic E-state index is 12.2. The van der Waals surface area contributed by atoms with Crippen molar-refractivity contribution in [2.24, 2.45) is 5.92 Å². The number of carbonyl (C=O) groups is 1. The van der Waals surface area contributed by atoms with Gasteiger partial charge in [-0.05, 0) is 64.0 Å². The summed E-state index contributed by atoms with van der Waals surface area (Å²) in [6, 6.07) is 0. The lowest BCUT2D eigenvalue weighted by atomic mass is 9.92. The van der Waals surface area contributed by atoms with Crippen molar-refractivity contribution in [3.63, 3.8) is 0 Å². The molecule has 2 aliphatic rings. The van der Waals surface area contributed by atoms with Gasteiger partial charge in [0.1, 0.15) is 5.78 Å². The van der Waals surface area contributed by atoms with Crippen LogP contribution in [-0.2, 0) is 9.53 Å². The molecule has 1 aliphatic carbocycles. The highest BCUT2D eigenvalue weighted by Crippen LogP contribution is 2.29. The molecule has 1 heterocycles. The fraction of sp³-hybridized carbons (Fsp3) is 0.650. The van der Waals surface area contributed by atoms with Gasteiger partial charge in [-0.2, -0.15) is 0 Å². The van der Waals surface area contributed by atoms with Crippen LogP contribution in [0.3, 0.4) is 0 Å². The topological polar surface area (TPSA) is 26.3 Å². The van der Waals surface area contributed by atoms with E-state index in [1.165, 1.54) is 22.3 Å². The van der Waals surface area contributed by atoms with Crippen molar-refractivity contribution in [3.8, 4) is 0 Å². The molecule has 122 valence electrons. The molecule has 0 fully saturated rings. The van der Waals surface area contributed by atoms with Crippen molar-refractivity contribution in [1.29, 1.82) is 0 Å². The van der Waals surface area contributed by atoms with Crippen LogP contribution in [0, 0.1) is 5.92 Å². The van der Waals surface area contributed by atoms with Gasteiger partial charge in [0.15, 0.2) is 0 Å². The summed E-state index contributed by atoms with van der Waals surface area (Å²) in [6.45, 7) is 9.35. The number of carbonyl (C=O) groups excluding carboxylic acids is 1. The van der Waals surface area contributed by atoms with Gasteiger partial charge in [-0.25, -0.2) is 0 Å². The molecule has 2 nitrogen and oxygen atoms in total. The molecule has 2 heteroatoms. The first-order chi connectivity index (χ1) is 10.5. The normalized spacial score (nSPS) is 28.8. The van der Waals surface area contributed by atoms with E-state index in [1.807, 2.05) is 0 Å². The number of ketones is 1. The van der Waals surface area contributed by atoms with E-state index in [9.17, 15) is 4.79 Å². The van der Waals surface area contributed by atoms with E-state index >= 15 is 0 Å². The van der Waals surface area contributed by atoms with Gasteiger partial charge in [0.05, 0.1) is 12.7 Å². The summed E-state index contributed by atoms with van der Waals surface area (Å²) in [7, 11) is 0. The van der Waals surface area contributed by atoms with Gasteiger partial charge < -0.3 is 4.74 Å². The lowest BCUT2D eigenvalue weighted by Crippen LogP contribution is -2.12. The number of fused-ring (bicyclic) bond motifs is 1. The van der Waals surface area contributed by atoms with Crippen LogP contribution < -0.4 is 0 Å². The van der Waals surface area contributed by atoms with Crippen LogP contribution in [0.2, 0.25) is 0 Å². The van der Waals surface area contributed by atoms with Gasteiger partial charge in [-0.1, -0.05) is 30.2 Å². The van der Waals surface area contributed by atoms with E-state index in [2.05, 4.69) is 39.8 Å². The Morgan fingerprint density at radius 3 is 2.55 bits per heavy atom. The first-order valence-electron chi connectivity index (χ1n) is 8.63. The first-order valence-corrected chi connectivity index (χ1v) is 8.63. The number of allylic oxidation sites excluding steroid dienone is 3. The maximum Gasteiger partial charge on any atom is 0.136 e. The standard InChI is InChI=1S/C20H30O2/c1-14-6-5-7-16(3)19(21)11-9-15(2)12-20-18(10-8-14)17(4)13-22-20/h6,12,16,20H,5,7-11,13H2,1-4H3. The molecule has 2 unspecified atom stereocenters. The first kappa shape index (κ1) is 17.2. The van der Waals surface area contributed by atoms with Crippen LogP contribution >= 0.6 is 0 Å². The van der Waals surface area contributed by atoms with E-state index in [1.54, 1.807) is 0 Å². The summed E-state index contributed by atoms with van der Waals surface area (Å²) in [5.74, 6) is 0.579. The Balaban J connectivity index is 2.17. The minimum absolute atomic E-state index is 0.128. The molecule has 0 N–H and O–H groups in total. The molecule has 0 radical (unpaired) electrons. The van der Waals surface area contributed by atoms with Crippen LogP contribution in [0.15, 0.2) is 34.4 Å². The predicted molar refractivity (Wildman–Crippen MR) is 91.8 cm³/mol. The Bertz CT molecular complexity index is 508. The lowest BCUT2D eigenvalue weighted by molar-refractivity contribution is -0.122. The molecule has 22 heavy (non-hydrogen) atoms. The Hall–Kier alpha value is -1.15. The third-order valence-corrected chi connectivity index (χ3v) is 5.00. The molecular formula is C20H30O2. The smallest absolute Gasteiger partial charge is 0.136 e. The predicted octanol–water partition coefficient (Wildman–Crippen LogP) is 5.15.